The van der Waals surface area contributed by atoms with Gasteiger partial charge in [0.25, 0.3) is 5.91 Å². The van der Waals surface area contributed by atoms with Crippen LogP contribution in [0.15, 0.2) is 59.5 Å². The number of aromatic nitrogens is 1. The summed E-state index contributed by atoms with van der Waals surface area (Å²) in [6.07, 6.45) is -0.900. The number of carbonyl (C=O) groups excluding carboxylic acids is 1. The highest BCUT2D eigenvalue weighted by atomic mass is 19.4. The van der Waals surface area contributed by atoms with Gasteiger partial charge in [0.1, 0.15) is 18.5 Å². The molecule has 1 amide bonds. The maximum atomic E-state index is 13.8. The molecular weight excluding hydrogens is 529 g/mol. The molecule has 3 atom stereocenters. The first-order valence-electron chi connectivity index (χ1n) is 13.0. The number of alkyl halides is 3. The zero-order valence-electron chi connectivity index (χ0n) is 21.9. The van der Waals surface area contributed by atoms with E-state index >= 15 is 0 Å². The summed E-state index contributed by atoms with van der Waals surface area (Å²) in [5, 5.41) is 8.96. The second-order valence-corrected chi connectivity index (χ2v) is 10.6. The van der Waals surface area contributed by atoms with Crippen molar-refractivity contribution in [2.24, 2.45) is 4.99 Å². The van der Waals surface area contributed by atoms with Crippen molar-refractivity contribution in [3.8, 4) is 5.88 Å². The molecule has 10 nitrogen and oxygen atoms in total. The summed E-state index contributed by atoms with van der Waals surface area (Å²) >= 11 is 0. The second kappa shape index (κ2) is 9.66. The van der Waals surface area contributed by atoms with E-state index in [9.17, 15) is 18.0 Å². The van der Waals surface area contributed by atoms with Gasteiger partial charge in [-0.3, -0.25) is 9.79 Å². The molecule has 2 fully saturated rings. The van der Waals surface area contributed by atoms with Crippen molar-refractivity contribution >= 4 is 17.4 Å². The number of rotatable bonds is 6. The average molecular weight is 559 g/mol. The second-order valence-electron chi connectivity index (χ2n) is 10.6. The monoisotopic (exact) mass is 558 g/mol. The Labute approximate surface area is 228 Å². The molecule has 0 saturated carbocycles. The highest BCUT2D eigenvalue weighted by molar-refractivity contribution is 6.07. The van der Waals surface area contributed by atoms with Gasteiger partial charge in [-0.05, 0) is 38.5 Å². The Hall–Kier alpha value is -3.84. The van der Waals surface area contributed by atoms with Crippen molar-refractivity contribution in [2.45, 2.75) is 50.0 Å². The van der Waals surface area contributed by atoms with Crippen molar-refractivity contribution in [2.75, 3.05) is 31.6 Å². The summed E-state index contributed by atoms with van der Waals surface area (Å²) in [4.78, 5) is 24.9. The first-order chi connectivity index (χ1) is 19.0. The minimum Gasteiger partial charge on any atom is -0.475 e. The number of amidine groups is 1. The van der Waals surface area contributed by atoms with Crippen LogP contribution in [0.1, 0.15) is 31.4 Å². The molecule has 0 aliphatic carbocycles. The molecule has 1 aromatic carbocycles. The third-order valence-electron chi connectivity index (χ3n) is 7.23. The number of nitrogens with one attached hydrogen (secondary N) is 3. The number of aliphatic imine (C=N–C) groups is 1. The lowest BCUT2D eigenvalue weighted by Crippen LogP contribution is -2.65. The molecule has 3 N–H and O–H groups in total. The van der Waals surface area contributed by atoms with E-state index in [0.717, 1.165) is 37.3 Å². The van der Waals surface area contributed by atoms with Crippen LogP contribution in [0.5, 0.6) is 5.88 Å². The number of halogens is 3. The molecular formula is C27H29F3N6O4. The summed E-state index contributed by atoms with van der Waals surface area (Å²) in [5.41, 5.74) is -1.44. The third kappa shape index (κ3) is 5.06. The number of amides is 1. The first kappa shape index (κ1) is 26.4. The first-order valence-corrected chi connectivity index (χ1v) is 13.0. The topological polar surface area (TPSA) is 109 Å². The van der Waals surface area contributed by atoms with E-state index in [1.165, 1.54) is 18.3 Å². The van der Waals surface area contributed by atoms with E-state index in [-0.39, 0.29) is 24.3 Å². The van der Waals surface area contributed by atoms with Crippen LogP contribution in [0.2, 0.25) is 0 Å². The zero-order valence-corrected chi connectivity index (χ0v) is 21.9. The molecule has 212 valence electrons. The van der Waals surface area contributed by atoms with Crippen LogP contribution >= 0.6 is 0 Å². The standard InChI is InChI=1S/C27H29F3N6O4/c1-25(2)39-15-20(40-25)14-38-22-7-6-18(11-31-22)34-24(37)26(16-4-3-5-17(10-16)27(28,29)30)32-12-21-23(35-26)33-19-8-9-36(21)13-19/h3-7,10-12,19-20,32H,8-9,13-15H2,1-2H3,(H,33,35)(H,34,37)/t19-,20-,26?/m0/s1. The van der Waals surface area contributed by atoms with Gasteiger partial charge in [0.05, 0.1) is 35.8 Å². The van der Waals surface area contributed by atoms with Gasteiger partial charge in [-0.1, -0.05) is 12.1 Å². The summed E-state index contributed by atoms with van der Waals surface area (Å²) in [5.74, 6) is -0.515. The molecule has 13 heteroatoms. The summed E-state index contributed by atoms with van der Waals surface area (Å²) in [6, 6.07) is 7.92. The molecule has 2 saturated heterocycles. The van der Waals surface area contributed by atoms with Gasteiger partial charge in [0.15, 0.2) is 5.79 Å². The van der Waals surface area contributed by atoms with Gasteiger partial charge in [-0.15, -0.1) is 0 Å². The predicted octanol–water partition coefficient (Wildman–Crippen LogP) is 2.94. The summed E-state index contributed by atoms with van der Waals surface area (Å²) < 4.78 is 57.7. The zero-order chi connectivity index (χ0) is 28.1. The molecule has 1 aromatic heterocycles. The van der Waals surface area contributed by atoms with Crippen LogP contribution in [0, 0.1) is 0 Å². The lowest BCUT2D eigenvalue weighted by molar-refractivity contribution is -0.141. The normalized spacial score (nSPS) is 26.7. The molecule has 2 aromatic rings. The van der Waals surface area contributed by atoms with E-state index < -0.39 is 29.1 Å². The van der Waals surface area contributed by atoms with Crippen LogP contribution in [-0.4, -0.2) is 65.9 Å². The van der Waals surface area contributed by atoms with Gasteiger partial charge < -0.3 is 35.1 Å². The van der Waals surface area contributed by atoms with Crippen LogP contribution in [-0.2, 0) is 26.1 Å². The average Bonchev–Trinajstić information content (AvgIpc) is 3.49. The minimum atomic E-state index is -4.58. The molecule has 1 unspecified atom stereocenters. The summed E-state index contributed by atoms with van der Waals surface area (Å²) in [6.45, 7) is 5.86. The number of hydrogen-bond donors (Lipinski definition) is 3. The molecule has 5 heterocycles. The van der Waals surface area contributed by atoms with Crippen LogP contribution < -0.4 is 20.7 Å². The van der Waals surface area contributed by atoms with Crippen molar-refractivity contribution in [3.63, 3.8) is 0 Å². The van der Waals surface area contributed by atoms with Crippen molar-refractivity contribution < 1.29 is 32.2 Å². The highest BCUT2D eigenvalue weighted by Crippen LogP contribution is 2.35. The molecule has 40 heavy (non-hydrogen) atoms. The van der Waals surface area contributed by atoms with E-state index in [1.54, 1.807) is 18.3 Å². The van der Waals surface area contributed by atoms with E-state index in [0.29, 0.717) is 24.0 Å². The quantitative estimate of drug-likeness (QED) is 0.497. The fourth-order valence-electron chi connectivity index (χ4n) is 5.24. The Bertz CT molecular complexity index is 1360. The minimum absolute atomic E-state index is 0.0593. The largest absolute Gasteiger partial charge is 0.475 e. The number of fused-ring (bicyclic) bond motifs is 4. The van der Waals surface area contributed by atoms with E-state index in [4.69, 9.17) is 19.2 Å². The van der Waals surface area contributed by atoms with Crippen molar-refractivity contribution in [1.82, 2.24) is 20.5 Å². The van der Waals surface area contributed by atoms with Gasteiger partial charge in [0, 0.05) is 30.9 Å². The van der Waals surface area contributed by atoms with E-state index in [2.05, 4.69) is 25.8 Å². The molecule has 0 radical (unpaired) electrons. The van der Waals surface area contributed by atoms with Crippen LogP contribution in [0.3, 0.4) is 0 Å². The number of carbonyl (C=O) groups is 1. The Kier molecular flexibility index (Phi) is 6.37. The van der Waals surface area contributed by atoms with Crippen molar-refractivity contribution in [3.05, 3.63) is 65.6 Å². The number of ether oxygens (including phenoxy) is 3. The highest BCUT2D eigenvalue weighted by Gasteiger charge is 2.47. The Morgan fingerprint density at radius 1 is 1.27 bits per heavy atom. The number of pyridine rings is 1. The molecule has 6 rings (SSSR count). The number of nitrogens with zero attached hydrogens (tertiary/aromatic N) is 3. The SMILES string of the molecule is CC1(C)OC[C@H](COc2ccc(NC(=O)C3(c4cccc(C(F)(F)F)c4)NC=C4C(=N[C@H]5CCN4C5)N3)cn2)O1. The number of hydrogen-bond acceptors (Lipinski definition) is 9. The van der Waals surface area contributed by atoms with E-state index in [1.807, 2.05) is 13.8 Å². The Balaban J connectivity index is 1.24. The van der Waals surface area contributed by atoms with Crippen LogP contribution in [0.25, 0.3) is 0 Å². The van der Waals surface area contributed by atoms with Gasteiger partial charge in [-0.25, -0.2) is 4.98 Å². The Morgan fingerprint density at radius 3 is 2.85 bits per heavy atom. The third-order valence-corrected chi connectivity index (χ3v) is 7.23. The fraction of sp³-hybridized carbons (Fsp3) is 0.444. The lowest BCUT2D eigenvalue weighted by atomic mass is 9.94. The Morgan fingerprint density at radius 2 is 2.12 bits per heavy atom. The van der Waals surface area contributed by atoms with Gasteiger partial charge in [0.2, 0.25) is 11.5 Å². The summed E-state index contributed by atoms with van der Waals surface area (Å²) in [7, 11) is 0. The number of benzene rings is 1. The van der Waals surface area contributed by atoms with Crippen LogP contribution in [0.4, 0.5) is 18.9 Å². The molecule has 4 aliphatic heterocycles. The predicted molar refractivity (Wildman–Crippen MR) is 138 cm³/mol. The molecule has 4 aliphatic rings. The molecule has 2 bridgehead atoms. The maximum absolute atomic E-state index is 13.8. The number of anilines is 1. The molecule has 0 spiro atoms. The van der Waals surface area contributed by atoms with Gasteiger partial charge >= 0.3 is 6.18 Å². The van der Waals surface area contributed by atoms with Gasteiger partial charge in [-0.2, -0.15) is 13.2 Å². The van der Waals surface area contributed by atoms with Crippen molar-refractivity contribution in [1.29, 1.82) is 0 Å². The smallest absolute Gasteiger partial charge is 0.416 e. The maximum Gasteiger partial charge on any atom is 0.416 e. The fourth-order valence-corrected chi connectivity index (χ4v) is 5.24. The lowest BCUT2D eigenvalue weighted by Gasteiger charge is -2.42.